The van der Waals surface area contributed by atoms with Gasteiger partial charge in [-0.3, -0.25) is 4.79 Å². The lowest BCUT2D eigenvalue weighted by Gasteiger charge is -2.24. The Morgan fingerprint density at radius 3 is 2.71 bits per heavy atom. The van der Waals surface area contributed by atoms with Gasteiger partial charge in [-0.15, -0.1) is 12.4 Å². The highest BCUT2D eigenvalue weighted by molar-refractivity contribution is 5.85. The van der Waals surface area contributed by atoms with E-state index >= 15 is 0 Å². The molecule has 3 N–H and O–H groups in total. The summed E-state index contributed by atoms with van der Waals surface area (Å²) in [6.45, 7) is 4.92. The molecule has 4 nitrogen and oxygen atoms in total. The summed E-state index contributed by atoms with van der Waals surface area (Å²) in [5, 5.41) is 3.00. The van der Waals surface area contributed by atoms with Crippen LogP contribution in [0.5, 0.6) is 0 Å². The predicted octanol–water partition coefficient (Wildman–Crippen LogP) is 1.61. The molecule has 5 heteroatoms. The molecular weight excluding hydrogens is 240 g/mol. The number of amides is 1. The Balaban J connectivity index is 0.00000256. The van der Waals surface area contributed by atoms with Gasteiger partial charge >= 0.3 is 0 Å². The number of halogens is 1. The number of ether oxygens (including phenoxy) is 1. The van der Waals surface area contributed by atoms with Crippen LogP contribution in [-0.4, -0.2) is 30.7 Å². The van der Waals surface area contributed by atoms with Crippen LogP contribution in [0.2, 0.25) is 0 Å². The Morgan fingerprint density at radius 1 is 1.53 bits per heavy atom. The number of nitrogens with two attached hydrogens (primary N) is 1. The van der Waals surface area contributed by atoms with Crippen molar-refractivity contribution in [3.8, 4) is 0 Å². The summed E-state index contributed by atoms with van der Waals surface area (Å²) in [7, 11) is 0. The highest BCUT2D eigenvalue weighted by Gasteiger charge is 2.27. The van der Waals surface area contributed by atoms with Crippen LogP contribution in [-0.2, 0) is 9.53 Å². The monoisotopic (exact) mass is 264 g/mol. The molecule has 0 bridgehead atoms. The summed E-state index contributed by atoms with van der Waals surface area (Å²) in [4.78, 5) is 11.8. The number of hydrogen-bond acceptors (Lipinski definition) is 3. The molecular formula is C12H25ClN2O2. The smallest absolute Gasteiger partial charge is 0.237 e. The molecule has 1 fully saturated rings. The van der Waals surface area contributed by atoms with E-state index in [1.165, 1.54) is 0 Å². The lowest BCUT2D eigenvalue weighted by Crippen LogP contribution is -2.49. The Bertz CT molecular complexity index is 221. The zero-order valence-electron chi connectivity index (χ0n) is 10.8. The number of carbonyl (C=O) groups excluding carboxylic acids is 1. The Kier molecular flexibility index (Phi) is 8.56. The molecule has 0 radical (unpaired) electrons. The molecule has 0 aromatic heterocycles. The average Bonchev–Trinajstić information content (AvgIpc) is 2.79. The van der Waals surface area contributed by atoms with Crippen molar-refractivity contribution in [1.82, 2.24) is 5.32 Å². The van der Waals surface area contributed by atoms with Crippen LogP contribution in [0.15, 0.2) is 0 Å². The Labute approximate surface area is 110 Å². The van der Waals surface area contributed by atoms with Crippen molar-refractivity contribution in [3.05, 3.63) is 0 Å². The summed E-state index contributed by atoms with van der Waals surface area (Å²) < 4.78 is 5.59. The van der Waals surface area contributed by atoms with Crippen LogP contribution >= 0.6 is 12.4 Å². The SMILES string of the molecule is CCCC(N)C(=O)NC(CC)C1CCCO1.Cl. The van der Waals surface area contributed by atoms with Crippen molar-refractivity contribution in [1.29, 1.82) is 0 Å². The van der Waals surface area contributed by atoms with Gasteiger partial charge in [0.15, 0.2) is 0 Å². The third-order valence-electron chi connectivity index (χ3n) is 3.12. The quantitative estimate of drug-likeness (QED) is 0.766. The number of hydrogen-bond donors (Lipinski definition) is 2. The minimum absolute atomic E-state index is 0. The van der Waals surface area contributed by atoms with E-state index in [0.29, 0.717) is 0 Å². The summed E-state index contributed by atoms with van der Waals surface area (Å²) in [5.74, 6) is -0.0378. The first-order valence-electron chi connectivity index (χ1n) is 6.36. The van der Waals surface area contributed by atoms with E-state index in [0.717, 1.165) is 38.7 Å². The molecule has 0 aliphatic carbocycles. The van der Waals surface area contributed by atoms with E-state index in [2.05, 4.69) is 12.2 Å². The lowest BCUT2D eigenvalue weighted by molar-refractivity contribution is -0.124. The maximum atomic E-state index is 11.8. The minimum Gasteiger partial charge on any atom is -0.376 e. The summed E-state index contributed by atoms with van der Waals surface area (Å²) in [5.41, 5.74) is 5.78. The summed E-state index contributed by atoms with van der Waals surface area (Å²) in [6.07, 6.45) is 4.90. The largest absolute Gasteiger partial charge is 0.376 e. The van der Waals surface area contributed by atoms with Gasteiger partial charge in [-0.1, -0.05) is 20.3 Å². The van der Waals surface area contributed by atoms with Crippen LogP contribution in [0.1, 0.15) is 46.0 Å². The molecule has 1 heterocycles. The zero-order valence-corrected chi connectivity index (χ0v) is 11.6. The van der Waals surface area contributed by atoms with Crippen LogP contribution < -0.4 is 11.1 Å². The zero-order chi connectivity index (χ0) is 12.0. The highest BCUT2D eigenvalue weighted by Crippen LogP contribution is 2.17. The molecule has 0 saturated carbocycles. The molecule has 0 aromatic carbocycles. The van der Waals surface area contributed by atoms with Gasteiger partial charge in [-0.05, 0) is 25.7 Å². The van der Waals surface area contributed by atoms with Crippen LogP contribution in [0.25, 0.3) is 0 Å². The van der Waals surface area contributed by atoms with Crippen LogP contribution in [0.4, 0.5) is 0 Å². The third kappa shape index (κ3) is 5.23. The molecule has 1 aliphatic heterocycles. The van der Waals surface area contributed by atoms with Gasteiger partial charge in [0, 0.05) is 6.61 Å². The highest BCUT2D eigenvalue weighted by atomic mass is 35.5. The number of rotatable bonds is 6. The fourth-order valence-electron chi connectivity index (χ4n) is 2.11. The molecule has 0 aromatic rings. The second-order valence-corrected chi connectivity index (χ2v) is 4.47. The van der Waals surface area contributed by atoms with Gasteiger partial charge in [0.05, 0.1) is 18.2 Å². The van der Waals surface area contributed by atoms with Crippen LogP contribution in [0, 0.1) is 0 Å². The Hall–Kier alpha value is -0.320. The fraction of sp³-hybridized carbons (Fsp3) is 0.917. The predicted molar refractivity (Wildman–Crippen MR) is 71.3 cm³/mol. The van der Waals surface area contributed by atoms with Gasteiger partial charge in [-0.25, -0.2) is 0 Å². The minimum atomic E-state index is -0.375. The molecule has 1 aliphatic rings. The molecule has 0 spiro atoms. The maximum Gasteiger partial charge on any atom is 0.237 e. The average molecular weight is 265 g/mol. The first-order valence-corrected chi connectivity index (χ1v) is 6.36. The van der Waals surface area contributed by atoms with Crippen LogP contribution in [0.3, 0.4) is 0 Å². The van der Waals surface area contributed by atoms with Crippen molar-refractivity contribution in [3.63, 3.8) is 0 Å². The van der Waals surface area contributed by atoms with E-state index in [1.54, 1.807) is 0 Å². The second kappa shape index (κ2) is 8.72. The molecule has 3 atom stereocenters. The normalized spacial score (nSPS) is 22.6. The van der Waals surface area contributed by atoms with Crippen molar-refractivity contribution >= 4 is 18.3 Å². The van der Waals surface area contributed by atoms with E-state index in [1.807, 2.05) is 6.92 Å². The molecule has 17 heavy (non-hydrogen) atoms. The molecule has 102 valence electrons. The van der Waals surface area contributed by atoms with Gasteiger partial charge in [0.2, 0.25) is 5.91 Å². The number of nitrogens with one attached hydrogen (secondary N) is 1. The third-order valence-corrected chi connectivity index (χ3v) is 3.12. The molecule has 1 saturated heterocycles. The van der Waals surface area contributed by atoms with Gasteiger partial charge in [-0.2, -0.15) is 0 Å². The van der Waals surface area contributed by atoms with E-state index in [-0.39, 0.29) is 36.5 Å². The van der Waals surface area contributed by atoms with Crippen molar-refractivity contribution in [2.24, 2.45) is 5.73 Å². The summed E-state index contributed by atoms with van der Waals surface area (Å²) >= 11 is 0. The fourth-order valence-corrected chi connectivity index (χ4v) is 2.11. The van der Waals surface area contributed by atoms with Crippen molar-refractivity contribution in [2.45, 2.75) is 64.1 Å². The number of carbonyl (C=O) groups is 1. The Morgan fingerprint density at radius 2 is 2.24 bits per heavy atom. The maximum absolute atomic E-state index is 11.8. The van der Waals surface area contributed by atoms with Crippen molar-refractivity contribution in [2.75, 3.05) is 6.61 Å². The first-order chi connectivity index (χ1) is 7.69. The lowest BCUT2D eigenvalue weighted by atomic mass is 10.0. The molecule has 3 unspecified atom stereocenters. The van der Waals surface area contributed by atoms with Crippen molar-refractivity contribution < 1.29 is 9.53 Å². The second-order valence-electron chi connectivity index (χ2n) is 4.47. The summed E-state index contributed by atoms with van der Waals surface area (Å²) in [6, 6.07) is -0.252. The van der Waals surface area contributed by atoms with Gasteiger partial charge in [0.25, 0.3) is 0 Å². The molecule has 1 rings (SSSR count). The van der Waals surface area contributed by atoms with E-state index < -0.39 is 0 Å². The van der Waals surface area contributed by atoms with E-state index in [9.17, 15) is 4.79 Å². The topological polar surface area (TPSA) is 64.4 Å². The standard InChI is InChI=1S/C12H24N2O2.ClH/c1-3-6-9(13)12(15)14-10(4-2)11-7-5-8-16-11;/h9-11H,3-8,13H2,1-2H3,(H,14,15);1H. The first kappa shape index (κ1) is 16.7. The van der Waals surface area contributed by atoms with Gasteiger partial charge in [0.1, 0.15) is 0 Å². The molecule has 1 amide bonds. The van der Waals surface area contributed by atoms with Gasteiger partial charge < -0.3 is 15.8 Å². The van der Waals surface area contributed by atoms with E-state index in [4.69, 9.17) is 10.5 Å².